The first-order chi connectivity index (χ1) is 6.65. The van der Waals surface area contributed by atoms with Crippen molar-refractivity contribution >= 4 is 0 Å². The van der Waals surface area contributed by atoms with E-state index in [0.717, 1.165) is 5.82 Å². The molecule has 14 heavy (non-hydrogen) atoms. The van der Waals surface area contributed by atoms with E-state index >= 15 is 0 Å². The van der Waals surface area contributed by atoms with Crippen LogP contribution in [0.25, 0.3) is 0 Å². The van der Waals surface area contributed by atoms with Gasteiger partial charge >= 0.3 is 0 Å². The van der Waals surface area contributed by atoms with Crippen molar-refractivity contribution in [3.8, 4) is 0 Å². The highest BCUT2D eigenvalue weighted by Crippen LogP contribution is 2.09. The maximum Gasteiger partial charge on any atom is 0.149 e. The van der Waals surface area contributed by atoms with Crippen LogP contribution in [0.1, 0.15) is 45.5 Å². The van der Waals surface area contributed by atoms with Crippen molar-refractivity contribution in [2.45, 2.75) is 45.7 Å². The van der Waals surface area contributed by atoms with Crippen molar-refractivity contribution in [3.63, 3.8) is 0 Å². The third-order valence-electron chi connectivity index (χ3n) is 2.39. The van der Waals surface area contributed by atoms with Crippen LogP contribution in [0.3, 0.4) is 0 Å². The molecule has 1 N–H and O–H groups in total. The monoisotopic (exact) mass is 196 g/mol. The van der Waals surface area contributed by atoms with Gasteiger partial charge in [0, 0.05) is 13.1 Å². The molecule has 0 amide bonds. The summed E-state index contributed by atoms with van der Waals surface area (Å²) in [5.74, 6) is 0.993. The highest BCUT2D eigenvalue weighted by atomic mass is 15.3. The molecule has 0 aliphatic heterocycles. The third kappa shape index (κ3) is 2.80. The molecule has 4 nitrogen and oxygen atoms in total. The SMILES string of the molecule is CCCC(C)NC(C)c1nncn1C. The standard InChI is InChI=1S/C10H20N4/c1-5-6-8(2)12-9(3)10-13-11-7-14(10)4/h7-9,12H,5-6H2,1-4H3. The van der Waals surface area contributed by atoms with Crippen LogP contribution in [0.15, 0.2) is 6.33 Å². The Bertz CT molecular complexity index is 269. The summed E-state index contributed by atoms with van der Waals surface area (Å²) in [4.78, 5) is 0. The Kier molecular flexibility index (Phi) is 4.07. The molecule has 2 atom stereocenters. The average molecular weight is 196 g/mol. The maximum atomic E-state index is 4.08. The fourth-order valence-corrected chi connectivity index (χ4v) is 1.70. The van der Waals surface area contributed by atoms with Gasteiger partial charge in [-0.3, -0.25) is 0 Å². The molecule has 1 aromatic rings. The van der Waals surface area contributed by atoms with Crippen molar-refractivity contribution in [3.05, 3.63) is 12.2 Å². The Balaban J connectivity index is 2.50. The summed E-state index contributed by atoms with van der Waals surface area (Å²) in [6, 6.07) is 0.802. The Morgan fingerprint density at radius 1 is 1.50 bits per heavy atom. The number of hydrogen-bond donors (Lipinski definition) is 1. The van der Waals surface area contributed by atoms with E-state index in [9.17, 15) is 0 Å². The second kappa shape index (κ2) is 5.10. The molecule has 1 rings (SSSR count). The number of aromatic nitrogens is 3. The van der Waals surface area contributed by atoms with Crippen molar-refractivity contribution in [2.24, 2.45) is 7.05 Å². The Morgan fingerprint density at radius 2 is 2.21 bits per heavy atom. The lowest BCUT2D eigenvalue weighted by atomic mass is 10.1. The van der Waals surface area contributed by atoms with E-state index in [0.29, 0.717) is 6.04 Å². The number of aryl methyl sites for hydroxylation is 1. The van der Waals surface area contributed by atoms with Gasteiger partial charge in [0.15, 0.2) is 0 Å². The van der Waals surface area contributed by atoms with E-state index in [1.54, 1.807) is 6.33 Å². The molecule has 0 bridgehead atoms. The van der Waals surface area contributed by atoms with Crippen LogP contribution >= 0.6 is 0 Å². The van der Waals surface area contributed by atoms with Gasteiger partial charge in [0.1, 0.15) is 12.2 Å². The second-order valence-electron chi connectivity index (χ2n) is 3.88. The fourth-order valence-electron chi connectivity index (χ4n) is 1.70. The zero-order valence-corrected chi connectivity index (χ0v) is 9.49. The molecule has 4 heteroatoms. The molecule has 0 radical (unpaired) electrons. The third-order valence-corrected chi connectivity index (χ3v) is 2.39. The molecule has 1 aromatic heterocycles. The van der Waals surface area contributed by atoms with Gasteiger partial charge in [0.25, 0.3) is 0 Å². The minimum atomic E-state index is 0.268. The van der Waals surface area contributed by atoms with Crippen LogP contribution in [0.5, 0.6) is 0 Å². The molecule has 0 saturated carbocycles. The lowest BCUT2D eigenvalue weighted by Crippen LogP contribution is -2.30. The van der Waals surface area contributed by atoms with Gasteiger partial charge in [-0.1, -0.05) is 13.3 Å². The first-order valence-electron chi connectivity index (χ1n) is 5.25. The molecule has 0 saturated heterocycles. The van der Waals surface area contributed by atoms with Gasteiger partial charge in [-0.25, -0.2) is 0 Å². The summed E-state index contributed by atoms with van der Waals surface area (Å²) >= 11 is 0. The second-order valence-corrected chi connectivity index (χ2v) is 3.88. The van der Waals surface area contributed by atoms with Crippen LogP contribution in [-0.2, 0) is 7.05 Å². The lowest BCUT2D eigenvalue weighted by molar-refractivity contribution is 0.433. The Labute approximate surface area is 85.7 Å². The summed E-state index contributed by atoms with van der Waals surface area (Å²) in [6.45, 7) is 6.53. The molecule has 0 fully saturated rings. The van der Waals surface area contributed by atoms with Crippen LogP contribution in [0, 0.1) is 0 Å². The van der Waals surface area contributed by atoms with E-state index < -0.39 is 0 Å². The zero-order chi connectivity index (χ0) is 10.6. The van der Waals surface area contributed by atoms with Gasteiger partial charge in [-0.2, -0.15) is 0 Å². The Morgan fingerprint density at radius 3 is 2.71 bits per heavy atom. The van der Waals surface area contributed by atoms with Crippen molar-refractivity contribution in [2.75, 3.05) is 0 Å². The first-order valence-corrected chi connectivity index (χ1v) is 5.25. The quantitative estimate of drug-likeness (QED) is 0.778. The minimum absolute atomic E-state index is 0.268. The fraction of sp³-hybridized carbons (Fsp3) is 0.800. The van der Waals surface area contributed by atoms with Gasteiger partial charge in [0.05, 0.1) is 6.04 Å². The van der Waals surface area contributed by atoms with Crippen molar-refractivity contribution < 1.29 is 0 Å². The number of rotatable bonds is 5. The van der Waals surface area contributed by atoms with E-state index in [-0.39, 0.29) is 6.04 Å². The average Bonchev–Trinajstić information content (AvgIpc) is 2.51. The largest absolute Gasteiger partial charge is 0.319 e. The molecule has 0 aliphatic rings. The predicted octanol–water partition coefficient (Wildman–Crippen LogP) is 1.65. The van der Waals surface area contributed by atoms with Gasteiger partial charge in [-0.15, -0.1) is 10.2 Å². The molecule has 0 aromatic carbocycles. The lowest BCUT2D eigenvalue weighted by Gasteiger charge is -2.18. The highest BCUT2D eigenvalue weighted by molar-refractivity contribution is 4.92. The van der Waals surface area contributed by atoms with Crippen LogP contribution < -0.4 is 5.32 Å². The van der Waals surface area contributed by atoms with Gasteiger partial charge in [-0.05, 0) is 20.3 Å². The normalized spacial score (nSPS) is 15.4. The Hall–Kier alpha value is -0.900. The molecule has 0 spiro atoms. The van der Waals surface area contributed by atoms with E-state index in [1.807, 2.05) is 11.6 Å². The molecule has 1 heterocycles. The number of nitrogens with zero attached hydrogens (tertiary/aromatic N) is 3. The predicted molar refractivity (Wildman–Crippen MR) is 56.9 cm³/mol. The molecular weight excluding hydrogens is 176 g/mol. The van der Waals surface area contributed by atoms with Gasteiger partial charge < -0.3 is 9.88 Å². The summed E-state index contributed by atoms with van der Waals surface area (Å²) in [6.07, 6.45) is 4.14. The van der Waals surface area contributed by atoms with Crippen LogP contribution in [-0.4, -0.2) is 20.8 Å². The molecular formula is C10H20N4. The zero-order valence-electron chi connectivity index (χ0n) is 9.49. The van der Waals surface area contributed by atoms with E-state index in [1.165, 1.54) is 12.8 Å². The van der Waals surface area contributed by atoms with Gasteiger partial charge in [0.2, 0.25) is 0 Å². The summed E-state index contributed by atoms with van der Waals surface area (Å²) in [7, 11) is 1.97. The molecule has 2 unspecified atom stereocenters. The first kappa shape index (κ1) is 11.2. The van der Waals surface area contributed by atoms with Crippen LogP contribution in [0.2, 0.25) is 0 Å². The number of nitrogens with one attached hydrogen (secondary N) is 1. The topological polar surface area (TPSA) is 42.7 Å². The van der Waals surface area contributed by atoms with E-state index in [2.05, 4.69) is 36.3 Å². The summed E-state index contributed by atoms with van der Waals surface area (Å²) in [5, 5.41) is 11.4. The number of hydrogen-bond acceptors (Lipinski definition) is 3. The molecule has 80 valence electrons. The molecule has 0 aliphatic carbocycles. The van der Waals surface area contributed by atoms with Crippen LogP contribution in [0.4, 0.5) is 0 Å². The van der Waals surface area contributed by atoms with Crippen molar-refractivity contribution in [1.82, 2.24) is 20.1 Å². The summed E-state index contributed by atoms with van der Waals surface area (Å²) < 4.78 is 1.95. The van der Waals surface area contributed by atoms with Crippen molar-refractivity contribution in [1.29, 1.82) is 0 Å². The smallest absolute Gasteiger partial charge is 0.149 e. The highest BCUT2D eigenvalue weighted by Gasteiger charge is 2.12. The summed E-state index contributed by atoms with van der Waals surface area (Å²) in [5.41, 5.74) is 0. The minimum Gasteiger partial charge on any atom is -0.319 e. The maximum absolute atomic E-state index is 4.08. The van der Waals surface area contributed by atoms with E-state index in [4.69, 9.17) is 0 Å².